The molecule has 0 bridgehead atoms. The normalized spacial score (nSPS) is 11.1. The first-order valence-corrected chi connectivity index (χ1v) is 11.5. The number of carbonyl (C=O) groups is 1. The predicted molar refractivity (Wildman–Crippen MR) is 122 cm³/mol. The van der Waals surface area contributed by atoms with Crippen molar-refractivity contribution in [3.8, 4) is 5.75 Å². The minimum absolute atomic E-state index is 0.0553. The minimum atomic E-state index is -3.79. The number of anilines is 1. The predicted octanol–water partition coefficient (Wildman–Crippen LogP) is 4.80. The maximum atomic E-state index is 12.6. The van der Waals surface area contributed by atoms with Crippen LogP contribution in [0.2, 0.25) is 10.0 Å². The number of halogens is 2. The number of ether oxygens (including phenoxy) is 1. The van der Waals surface area contributed by atoms with Crippen LogP contribution in [0.3, 0.4) is 0 Å². The van der Waals surface area contributed by atoms with E-state index in [0.717, 1.165) is 11.1 Å². The Morgan fingerprint density at radius 1 is 0.968 bits per heavy atom. The summed E-state index contributed by atoms with van der Waals surface area (Å²) >= 11 is 12.1. The van der Waals surface area contributed by atoms with E-state index in [1.165, 1.54) is 24.3 Å². The highest BCUT2D eigenvalue weighted by Gasteiger charge is 2.15. The van der Waals surface area contributed by atoms with E-state index >= 15 is 0 Å². The second kappa shape index (κ2) is 10.0. The zero-order valence-corrected chi connectivity index (χ0v) is 18.9. The van der Waals surface area contributed by atoms with Gasteiger partial charge in [-0.15, -0.1) is 0 Å². The smallest absolute Gasteiger partial charge is 0.261 e. The van der Waals surface area contributed by atoms with Gasteiger partial charge >= 0.3 is 0 Å². The summed E-state index contributed by atoms with van der Waals surface area (Å²) < 4.78 is 33.0. The summed E-state index contributed by atoms with van der Waals surface area (Å²) in [5.74, 6) is 0.0414. The molecule has 3 rings (SSSR count). The van der Waals surface area contributed by atoms with E-state index in [9.17, 15) is 13.2 Å². The highest BCUT2D eigenvalue weighted by atomic mass is 35.5. The largest absolute Gasteiger partial charge is 0.484 e. The molecule has 0 aromatic heterocycles. The van der Waals surface area contributed by atoms with E-state index in [1.54, 1.807) is 24.3 Å². The fraction of sp³-hybridized carbons (Fsp3) is 0.136. The first-order valence-electron chi connectivity index (χ1n) is 9.26. The van der Waals surface area contributed by atoms with Crippen molar-refractivity contribution in [3.05, 3.63) is 87.9 Å². The van der Waals surface area contributed by atoms with Gasteiger partial charge in [0.15, 0.2) is 6.61 Å². The van der Waals surface area contributed by atoms with E-state index in [4.69, 9.17) is 27.9 Å². The molecule has 0 aliphatic heterocycles. The molecule has 0 saturated heterocycles. The first kappa shape index (κ1) is 22.9. The van der Waals surface area contributed by atoms with Gasteiger partial charge in [0.1, 0.15) is 5.75 Å². The van der Waals surface area contributed by atoms with Crippen molar-refractivity contribution in [2.75, 3.05) is 11.3 Å². The molecule has 0 saturated carbocycles. The average molecular weight is 479 g/mol. The zero-order valence-electron chi connectivity index (χ0n) is 16.6. The lowest BCUT2D eigenvalue weighted by Gasteiger charge is -2.11. The molecule has 0 unspecified atom stereocenters. The summed E-state index contributed by atoms with van der Waals surface area (Å²) in [4.78, 5) is 12.0. The highest BCUT2D eigenvalue weighted by molar-refractivity contribution is 7.92. The molecule has 0 heterocycles. The number of carbonyl (C=O) groups excluding carboxylic acids is 1. The Balaban J connectivity index is 1.55. The molecule has 3 aromatic rings. The van der Waals surface area contributed by atoms with Crippen molar-refractivity contribution in [3.63, 3.8) is 0 Å². The van der Waals surface area contributed by atoms with Crippen LogP contribution in [0.15, 0.2) is 71.6 Å². The maximum Gasteiger partial charge on any atom is 0.261 e. The summed E-state index contributed by atoms with van der Waals surface area (Å²) in [6.07, 6.45) is 0. The molecule has 31 heavy (non-hydrogen) atoms. The zero-order chi connectivity index (χ0) is 22.4. The van der Waals surface area contributed by atoms with E-state index in [-0.39, 0.29) is 24.0 Å². The van der Waals surface area contributed by atoms with Gasteiger partial charge < -0.3 is 10.1 Å². The third-order valence-corrected chi connectivity index (χ3v) is 6.53. The maximum absolute atomic E-state index is 12.6. The molecule has 1 amide bonds. The summed E-state index contributed by atoms with van der Waals surface area (Å²) in [5, 5.41) is 3.76. The van der Waals surface area contributed by atoms with Crippen molar-refractivity contribution < 1.29 is 17.9 Å². The molecule has 0 fully saturated rings. The molecule has 0 aliphatic carbocycles. The second-order valence-corrected chi connectivity index (χ2v) is 9.19. The molecule has 162 valence electrons. The Morgan fingerprint density at radius 2 is 1.68 bits per heavy atom. The Hall–Kier alpha value is -2.74. The van der Waals surface area contributed by atoms with Crippen molar-refractivity contribution in [1.29, 1.82) is 0 Å². The van der Waals surface area contributed by atoms with Crippen LogP contribution in [0.25, 0.3) is 0 Å². The molecule has 0 radical (unpaired) electrons. The Kier molecular flexibility index (Phi) is 7.43. The van der Waals surface area contributed by atoms with Gasteiger partial charge in [-0.25, -0.2) is 8.42 Å². The molecule has 0 atom stereocenters. The molecular weight excluding hydrogens is 459 g/mol. The number of amides is 1. The molecule has 9 heteroatoms. The van der Waals surface area contributed by atoms with E-state index < -0.39 is 10.0 Å². The lowest BCUT2D eigenvalue weighted by atomic mass is 10.2. The SMILES string of the molecule is Cc1ccc(NS(=O)(=O)c2ccc(OCC(=O)NCc3ccccc3Cl)cc2)cc1Cl. The number of sulfonamides is 1. The summed E-state index contributed by atoms with van der Waals surface area (Å²) in [5.41, 5.74) is 2.02. The van der Waals surface area contributed by atoms with E-state index in [2.05, 4.69) is 10.0 Å². The number of rotatable bonds is 8. The van der Waals surface area contributed by atoms with Gasteiger partial charge in [0.05, 0.1) is 10.6 Å². The quantitative estimate of drug-likeness (QED) is 0.486. The van der Waals surface area contributed by atoms with Gasteiger partial charge in [0.2, 0.25) is 0 Å². The van der Waals surface area contributed by atoms with Gasteiger partial charge in [0, 0.05) is 16.6 Å². The Labute approximate surface area is 191 Å². The number of hydrogen-bond donors (Lipinski definition) is 2. The van der Waals surface area contributed by atoms with Gasteiger partial charge in [0.25, 0.3) is 15.9 Å². The monoisotopic (exact) mass is 478 g/mol. The lowest BCUT2D eigenvalue weighted by molar-refractivity contribution is -0.123. The topological polar surface area (TPSA) is 84.5 Å². The van der Waals surface area contributed by atoms with Gasteiger partial charge in [-0.2, -0.15) is 0 Å². The Morgan fingerprint density at radius 3 is 2.35 bits per heavy atom. The van der Waals surface area contributed by atoms with Crippen LogP contribution in [0, 0.1) is 6.92 Å². The van der Waals surface area contributed by atoms with Gasteiger partial charge in [-0.05, 0) is 60.5 Å². The van der Waals surface area contributed by atoms with Crippen LogP contribution in [0.5, 0.6) is 5.75 Å². The van der Waals surface area contributed by atoms with Gasteiger partial charge in [-0.1, -0.05) is 47.5 Å². The third-order valence-electron chi connectivity index (χ3n) is 4.36. The third kappa shape index (κ3) is 6.37. The minimum Gasteiger partial charge on any atom is -0.484 e. The van der Waals surface area contributed by atoms with Crippen LogP contribution in [-0.2, 0) is 21.4 Å². The lowest BCUT2D eigenvalue weighted by Crippen LogP contribution is -2.28. The van der Waals surface area contributed by atoms with Crippen molar-refractivity contribution in [1.82, 2.24) is 5.32 Å². The van der Waals surface area contributed by atoms with Crippen molar-refractivity contribution >= 4 is 44.8 Å². The van der Waals surface area contributed by atoms with Gasteiger partial charge in [-0.3, -0.25) is 9.52 Å². The fourth-order valence-corrected chi connectivity index (χ4v) is 4.05. The molecule has 2 N–H and O–H groups in total. The number of hydrogen-bond acceptors (Lipinski definition) is 4. The summed E-state index contributed by atoms with van der Waals surface area (Å²) in [6.45, 7) is 1.90. The summed E-state index contributed by atoms with van der Waals surface area (Å²) in [6, 6.07) is 17.9. The Bertz CT molecular complexity index is 1180. The average Bonchev–Trinajstić information content (AvgIpc) is 2.74. The molecule has 0 aliphatic rings. The fourth-order valence-electron chi connectivity index (χ4n) is 2.62. The number of nitrogens with one attached hydrogen (secondary N) is 2. The van der Waals surface area contributed by atoms with Crippen LogP contribution in [0.1, 0.15) is 11.1 Å². The van der Waals surface area contributed by atoms with Crippen LogP contribution >= 0.6 is 23.2 Å². The van der Waals surface area contributed by atoms with Crippen LogP contribution < -0.4 is 14.8 Å². The van der Waals surface area contributed by atoms with Crippen LogP contribution in [-0.4, -0.2) is 20.9 Å². The molecule has 3 aromatic carbocycles. The van der Waals surface area contributed by atoms with Crippen LogP contribution in [0.4, 0.5) is 5.69 Å². The van der Waals surface area contributed by atoms with Crippen molar-refractivity contribution in [2.24, 2.45) is 0 Å². The molecule has 6 nitrogen and oxygen atoms in total. The highest BCUT2D eigenvalue weighted by Crippen LogP contribution is 2.23. The number of aryl methyl sites for hydroxylation is 1. The molecule has 0 spiro atoms. The number of benzene rings is 3. The molecular formula is C22H20Cl2N2O4S. The van der Waals surface area contributed by atoms with E-state index in [0.29, 0.717) is 21.5 Å². The standard InChI is InChI=1S/C22H20Cl2N2O4S/c1-15-6-7-17(12-21(15)24)26-31(28,29)19-10-8-18(9-11-19)30-14-22(27)25-13-16-4-2-3-5-20(16)23/h2-12,26H,13-14H2,1H3,(H,25,27). The van der Waals surface area contributed by atoms with Crippen molar-refractivity contribution in [2.45, 2.75) is 18.4 Å². The second-order valence-electron chi connectivity index (χ2n) is 6.70. The summed E-state index contributed by atoms with van der Waals surface area (Å²) in [7, 11) is -3.79. The van der Waals surface area contributed by atoms with E-state index in [1.807, 2.05) is 25.1 Å². The first-order chi connectivity index (χ1) is 14.7.